The Hall–Kier alpha value is -1.88. The molecule has 5 heteroatoms. The number of hydrogen-bond acceptors (Lipinski definition) is 4. The zero-order valence-electron chi connectivity index (χ0n) is 10.9. The molecule has 0 saturated heterocycles. The fraction of sp³-hybridized carbons (Fsp3) is 0.286. The van der Waals surface area contributed by atoms with Gasteiger partial charge in [-0.25, -0.2) is 0 Å². The normalized spacial score (nSPS) is 12.1. The van der Waals surface area contributed by atoms with Crippen LogP contribution in [0.3, 0.4) is 0 Å². The van der Waals surface area contributed by atoms with Crippen molar-refractivity contribution in [3.63, 3.8) is 0 Å². The monoisotopic (exact) mass is 276 g/mol. The van der Waals surface area contributed by atoms with Crippen molar-refractivity contribution in [3.05, 3.63) is 56.3 Å². The Balaban J connectivity index is 2.03. The third-order valence-corrected chi connectivity index (χ3v) is 3.79. The third-order valence-electron chi connectivity index (χ3n) is 2.89. The molecule has 1 atom stereocenters. The quantitative estimate of drug-likeness (QED) is 0.663. The van der Waals surface area contributed by atoms with Gasteiger partial charge in [0.1, 0.15) is 0 Å². The summed E-state index contributed by atoms with van der Waals surface area (Å²) in [7, 11) is 0. The van der Waals surface area contributed by atoms with E-state index in [4.69, 9.17) is 0 Å². The molecule has 0 spiro atoms. The number of nitrogens with zero attached hydrogens (tertiary/aromatic N) is 1. The highest BCUT2D eigenvalue weighted by molar-refractivity contribution is 7.09. The van der Waals surface area contributed by atoms with Crippen molar-refractivity contribution in [2.75, 3.05) is 5.32 Å². The molecule has 0 amide bonds. The number of nitro groups is 1. The lowest BCUT2D eigenvalue weighted by Gasteiger charge is -2.14. The molecule has 0 bridgehead atoms. The van der Waals surface area contributed by atoms with E-state index < -0.39 is 0 Å². The number of benzene rings is 1. The summed E-state index contributed by atoms with van der Waals surface area (Å²) in [6, 6.07) is 9.58. The largest absolute Gasteiger partial charge is 0.382 e. The number of rotatable bonds is 5. The Labute approximate surface area is 116 Å². The average Bonchev–Trinajstić information content (AvgIpc) is 2.81. The van der Waals surface area contributed by atoms with Gasteiger partial charge in [-0.3, -0.25) is 10.1 Å². The molecule has 19 heavy (non-hydrogen) atoms. The van der Waals surface area contributed by atoms with Crippen molar-refractivity contribution in [2.45, 2.75) is 26.3 Å². The molecule has 1 aromatic heterocycles. The molecule has 0 aliphatic heterocycles. The maximum absolute atomic E-state index is 10.8. The van der Waals surface area contributed by atoms with Crippen LogP contribution < -0.4 is 5.32 Å². The van der Waals surface area contributed by atoms with E-state index in [1.807, 2.05) is 12.1 Å². The van der Waals surface area contributed by atoms with Crippen LogP contribution in [0.15, 0.2) is 35.7 Å². The molecule has 1 aromatic carbocycles. The van der Waals surface area contributed by atoms with E-state index in [0.29, 0.717) is 11.6 Å². The number of nitrogens with one attached hydrogen (secondary N) is 1. The minimum Gasteiger partial charge on any atom is -0.382 e. The van der Waals surface area contributed by atoms with E-state index in [1.54, 1.807) is 30.4 Å². The summed E-state index contributed by atoms with van der Waals surface area (Å²) in [5.74, 6) is 0. The van der Waals surface area contributed by atoms with Crippen LogP contribution in [0.2, 0.25) is 0 Å². The zero-order chi connectivity index (χ0) is 13.8. The van der Waals surface area contributed by atoms with E-state index >= 15 is 0 Å². The summed E-state index contributed by atoms with van der Waals surface area (Å²) in [5, 5.41) is 16.2. The van der Waals surface area contributed by atoms with Crippen LogP contribution in [0, 0.1) is 17.0 Å². The van der Waals surface area contributed by atoms with Gasteiger partial charge in [0.15, 0.2) is 0 Å². The molecule has 1 unspecified atom stereocenters. The maximum atomic E-state index is 10.8. The fourth-order valence-corrected chi connectivity index (χ4v) is 2.85. The van der Waals surface area contributed by atoms with Crippen LogP contribution in [0.1, 0.15) is 17.4 Å². The Morgan fingerprint density at radius 2 is 2.21 bits per heavy atom. The Kier molecular flexibility index (Phi) is 4.16. The van der Waals surface area contributed by atoms with Gasteiger partial charge in [0.05, 0.1) is 4.92 Å². The van der Waals surface area contributed by atoms with Crippen LogP contribution in [-0.4, -0.2) is 11.0 Å². The number of nitro benzene ring substituents is 1. The smallest absolute Gasteiger partial charge is 0.272 e. The van der Waals surface area contributed by atoms with Crippen LogP contribution in [0.4, 0.5) is 11.4 Å². The van der Waals surface area contributed by atoms with Gasteiger partial charge in [0, 0.05) is 34.7 Å². The number of thiophene rings is 1. The van der Waals surface area contributed by atoms with E-state index in [-0.39, 0.29) is 10.6 Å². The molecular formula is C14H16N2O2S. The second kappa shape index (κ2) is 5.84. The highest BCUT2D eigenvalue weighted by atomic mass is 32.1. The summed E-state index contributed by atoms with van der Waals surface area (Å²) in [6.45, 7) is 3.86. The molecule has 0 aliphatic rings. The van der Waals surface area contributed by atoms with Gasteiger partial charge in [-0.2, -0.15) is 0 Å². The van der Waals surface area contributed by atoms with E-state index in [9.17, 15) is 10.1 Å². The first-order chi connectivity index (χ1) is 9.06. The van der Waals surface area contributed by atoms with Crippen LogP contribution in [0.5, 0.6) is 0 Å². The summed E-state index contributed by atoms with van der Waals surface area (Å²) in [5.41, 5.74) is 1.77. The SMILES string of the molecule is Cc1cc(NC(C)Cc2cccs2)ccc1[N+](=O)[O-]. The van der Waals surface area contributed by atoms with Crippen molar-refractivity contribution < 1.29 is 4.92 Å². The molecule has 2 rings (SSSR count). The average molecular weight is 276 g/mol. The molecular weight excluding hydrogens is 260 g/mol. The number of aryl methyl sites for hydroxylation is 1. The van der Waals surface area contributed by atoms with E-state index in [0.717, 1.165) is 12.1 Å². The fourth-order valence-electron chi connectivity index (χ4n) is 2.02. The molecule has 0 aliphatic carbocycles. The molecule has 2 aromatic rings. The van der Waals surface area contributed by atoms with Gasteiger partial charge in [-0.1, -0.05) is 6.07 Å². The number of anilines is 1. The standard InChI is InChI=1S/C14H16N2O2S/c1-10-8-12(5-6-14(10)16(17)18)15-11(2)9-13-4-3-7-19-13/h3-8,11,15H,9H2,1-2H3. The Morgan fingerprint density at radius 3 is 2.79 bits per heavy atom. The predicted octanol–water partition coefficient (Wildman–Crippen LogP) is 4.01. The van der Waals surface area contributed by atoms with Gasteiger partial charge >= 0.3 is 0 Å². The first-order valence-electron chi connectivity index (χ1n) is 6.10. The van der Waals surface area contributed by atoms with Gasteiger partial charge in [0.2, 0.25) is 0 Å². The van der Waals surface area contributed by atoms with Crippen LogP contribution >= 0.6 is 11.3 Å². The van der Waals surface area contributed by atoms with Gasteiger partial charge in [-0.05, 0) is 37.4 Å². The van der Waals surface area contributed by atoms with E-state index in [2.05, 4.69) is 23.7 Å². The molecule has 4 nitrogen and oxygen atoms in total. The van der Waals surface area contributed by atoms with Crippen molar-refractivity contribution in [2.24, 2.45) is 0 Å². The summed E-state index contributed by atoms with van der Waals surface area (Å²) >= 11 is 1.74. The van der Waals surface area contributed by atoms with Gasteiger partial charge in [0.25, 0.3) is 5.69 Å². The molecule has 0 saturated carbocycles. The highest BCUT2D eigenvalue weighted by Crippen LogP contribution is 2.22. The third kappa shape index (κ3) is 3.54. The molecule has 1 N–H and O–H groups in total. The van der Waals surface area contributed by atoms with Crippen molar-refractivity contribution in [1.29, 1.82) is 0 Å². The zero-order valence-corrected chi connectivity index (χ0v) is 11.7. The van der Waals surface area contributed by atoms with Crippen molar-refractivity contribution >= 4 is 22.7 Å². The van der Waals surface area contributed by atoms with Gasteiger partial charge < -0.3 is 5.32 Å². The molecule has 1 heterocycles. The lowest BCUT2D eigenvalue weighted by molar-refractivity contribution is -0.385. The summed E-state index contributed by atoms with van der Waals surface area (Å²) in [6.07, 6.45) is 0.952. The second-order valence-electron chi connectivity index (χ2n) is 4.59. The second-order valence-corrected chi connectivity index (χ2v) is 5.62. The summed E-state index contributed by atoms with van der Waals surface area (Å²) in [4.78, 5) is 11.7. The minimum absolute atomic E-state index is 0.163. The Morgan fingerprint density at radius 1 is 1.42 bits per heavy atom. The lowest BCUT2D eigenvalue weighted by Crippen LogP contribution is -2.17. The predicted molar refractivity (Wildman–Crippen MR) is 78.9 cm³/mol. The van der Waals surface area contributed by atoms with Crippen molar-refractivity contribution in [3.8, 4) is 0 Å². The first-order valence-corrected chi connectivity index (χ1v) is 6.98. The van der Waals surface area contributed by atoms with Crippen molar-refractivity contribution in [1.82, 2.24) is 0 Å². The minimum atomic E-state index is -0.353. The highest BCUT2D eigenvalue weighted by Gasteiger charge is 2.11. The lowest BCUT2D eigenvalue weighted by atomic mass is 10.1. The first kappa shape index (κ1) is 13.5. The molecule has 0 radical (unpaired) electrons. The Bertz CT molecular complexity index is 567. The van der Waals surface area contributed by atoms with Gasteiger partial charge in [-0.15, -0.1) is 11.3 Å². The number of hydrogen-bond donors (Lipinski definition) is 1. The molecule has 0 fully saturated rings. The van der Waals surface area contributed by atoms with Crippen LogP contribution in [-0.2, 0) is 6.42 Å². The topological polar surface area (TPSA) is 55.2 Å². The summed E-state index contributed by atoms with van der Waals surface area (Å²) < 4.78 is 0. The van der Waals surface area contributed by atoms with E-state index in [1.165, 1.54) is 4.88 Å². The van der Waals surface area contributed by atoms with Crippen LogP contribution in [0.25, 0.3) is 0 Å². The maximum Gasteiger partial charge on any atom is 0.272 e. The molecule has 100 valence electrons.